The van der Waals surface area contributed by atoms with E-state index in [4.69, 9.17) is 9.47 Å². The van der Waals surface area contributed by atoms with Crippen LogP contribution in [0.2, 0.25) is 0 Å². The molecule has 2 nitrogen and oxygen atoms in total. The van der Waals surface area contributed by atoms with Crippen LogP contribution in [-0.4, -0.2) is 14.2 Å². The van der Waals surface area contributed by atoms with Gasteiger partial charge in [0, 0.05) is 11.1 Å². The van der Waals surface area contributed by atoms with Crippen molar-refractivity contribution < 1.29 is 22.6 Å². The molecule has 5 heteroatoms. The molecule has 0 heterocycles. The summed E-state index contributed by atoms with van der Waals surface area (Å²) >= 11 is 0. The van der Waals surface area contributed by atoms with Gasteiger partial charge in [0.05, 0.1) is 19.8 Å². The molecule has 2 aromatic rings. The summed E-state index contributed by atoms with van der Waals surface area (Å²) in [6.45, 7) is 0. The quantitative estimate of drug-likeness (QED) is 0.831. The van der Waals surface area contributed by atoms with E-state index >= 15 is 0 Å². The van der Waals surface area contributed by atoms with Crippen LogP contribution in [0.5, 0.6) is 11.5 Å². The highest BCUT2D eigenvalue weighted by Gasteiger charge is 2.35. The molecule has 0 atom stereocenters. The van der Waals surface area contributed by atoms with Gasteiger partial charge in [0.2, 0.25) is 0 Å². The first kappa shape index (κ1) is 14.2. The normalized spacial score (nSPS) is 11.2. The van der Waals surface area contributed by atoms with Crippen LogP contribution in [0.4, 0.5) is 13.2 Å². The van der Waals surface area contributed by atoms with Gasteiger partial charge in [-0.25, -0.2) is 0 Å². The van der Waals surface area contributed by atoms with Crippen molar-refractivity contribution in [1.29, 1.82) is 0 Å². The summed E-state index contributed by atoms with van der Waals surface area (Å²) in [4.78, 5) is 0. The van der Waals surface area contributed by atoms with Crippen molar-refractivity contribution in [2.24, 2.45) is 0 Å². The summed E-state index contributed by atoms with van der Waals surface area (Å²) in [6, 6.07) is 10.8. The third-order valence-electron chi connectivity index (χ3n) is 2.92. The number of hydrogen-bond acceptors (Lipinski definition) is 2. The fraction of sp³-hybridized carbons (Fsp3) is 0.200. The van der Waals surface area contributed by atoms with Gasteiger partial charge in [-0.3, -0.25) is 0 Å². The van der Waals surface area contributed by atoms with Gasteiger partial charge >= 0.3 is 6.18 Å². The van der Waals surface area contributed by atoms with Crippen molar-refractivity contribution in [2.45, 2.75) is 6.18 Å². The van der Waals surface area contributed by atoms with Crippen LogP contribution in [0.1, 0.15) is 5.56 Å². The van der Waals surface area contributed by atoms with Crippen LogP contribution >= 0.6 is 0 Å². The SMILES string of the molecule is COc1ccccc1-c1cccc(C(F)(F)F)c1OC. The second-order valence-corrected chi connectivity index (χ2v) is 4.08. The number of para-hydroxylation sites is 2. The average Bonchev–Trinajstić information content (AvgIpc) is 2.45. The third-order valence-corrected chi connectivity index (χ3v) is 2.92. The number of hydrogen-bond donors (Lipinski definition) is 0. The monoisotopic (exact) mass is 282 g/mol. The summed E-state index contributed by atoms with van der Waals surface area (Å²) in [5.74, 6) is 0.287. The van der Waals surface area contributed by atoms with Gasteiger partial charge in [-0.05, 0) is 12.1 Å². The Morgan fingerprint density at radius 2 is 1.45 bits per heavy atom. The van der Waals surface area contributed by atoms with E-state index in [2.05, 4.69) is 0 Å². The lowest BCUT2D eigenvalue weighted by atomic mass is 10.00. The smallest absolute Gasteiger partial charge is 0.419 e. The van der Waals surface area contributed by atoms with Gasteiger partial charge in [-0.1, -0.05) is 30.3 Å². The van der Waals surface area contributed by atoms with Gasteiger partial charge in [-0.2, -0.15) is 13.2 Å². The fourth-order valence-corrected chi connectivity index (χ4v) is 2.06. The molecule has 0 aromatic heterocycles. The minimum absolute atomic E-state index is 0.204. The first-order valence-electron chi connectivity index (χ1n) is 5.86. The maximum absolute atomic E-state index is 13.0. The molecule has 2 aromatic carbocycles. The summed E-state index contributed by atoms with van der Waals surface area (Å²) in [6.07, 6.45) is -4.47. The van der Waals surface area contributed by atoms with Crippen molar-refractivity contribution in [3.05, 3.63) is 48.0 Å². The molecule has 0 amide bonds. The molecule has 0 aliphatic carbocycles. The van der Waals surface area contributed by atoms with Crippen molar-refractivity contribution in [3.8, 4) is 22.6 Å². The Balaban J connectivity index is 2.69. The van der Waals surface area contributed by atoms with Crippen LogP contribution in [0, 0.1) is 0 Å². The first-order valence-corrected chi connectivity index (χ1v) is 5.86. The molecule has 0 saturated heterocycles. The van der Waals surface area contributed by atoms with Crippen LogP contribution in [0.15, 0.2) is 42.5 Å². The fourth-order valence-electron chi connectivity index (χ4n) is 2.06. The zero-order valence-corrected chi connectivity index (χ0v) is 11.0. The molecule has 0 N–H and O–H groups in total. The standard InChI is InChI=1S/C15H13F3O2/c1-19-13-9-4-3-6-10(13)11-7-5-8-12(14(11)20-2)15(16,17)18/h3-9H,1-2H3. The van der Waals surface area contributed by atoms with Crippen LogP contribution in [0.3, 0.4) is 0 Å². The number of methoxy groups -OCH3 is 2. The van der Waals surface area contributed by atoms with Gasteiger partial charge in [-0.15, -0.1) is 0 Å². The van der Waals surface area contributed by atoms with E-state index in [1.165, 1.54) is 20.3 Å². The highest BCUT2D eigenvalue weighted by molar-refractivity contribution is 5.77. The van der Waals surface area contributed by atoms with E-state index in [-0.39, 0.29) is 5.75 Å². The molecule has 20 heavy (non-hydrogen) atoms. The zero-order valence-electron chi connectivity index (χ0n) is 11.0. The third kappa shape index (κ3) is 2.57. The van der Waals surface area contributed by atoms with Crippen LogP contribution in [-0.2, 0) is 6.18 Å². The van der Waals surface area contributed by atoms with E-state index in [1.807, 2.05) is 0 Å². The van der Waals surface area contributed by atoms with Crippen molar-refractivity contribution in [3.63, 3.8) is 0 Å². The molecule has 0 radical (unpaired) electrons. The van der Waals surface area contributed by atoms with Crippen molar-refractivity contribution >= 4 is 0 Å². The summed E-state index contributed by atoms with van der Waals surface area (Å²) < 4.78 is 49.2. The maximum Gasteiger partial charge on any atom is 0.419 e. The van der Waals surface area contributed by atoms with Crippen molar-refractivity contribution in [1.82, 2.24) is 0 Å². The second kappa shape index (κ2) is 5.45. The Morgan fingerprint density at radius 1 is 0.800 bits per heavy atom. The summed E-state index contributed by atoms with van der Waals surface area (Å²) in [5, 5.41) is 0. The molecule has 0 bridgehead atoms. The number of ether oxygens (including phenoxy) is 2. The molecule has 0 spiro atoms. The Morgan fingerprint density at radius 3 is 2.05 bits per heavy atom. The van der Waals surface area contributed by atoms with Crippen LogP contribution < -0.4 is 9.47 Å². The second-order valence-electron chi connectivity index (χ2n) is 4.08. The minimum atomic E-state index is -4.47. The highest BCUT2D eigenvalue weighted by Crippen LogP contribution is 2.43. The minimum Gasteiger partial charge on any atom is -0.496 e. The Labute approximate surface area is 114 Å². The molecular weight excluding hydrogens is 269 g/mol. The molecular formula is C15H13F3O2. The number of halogens is 3. The number of rotatable bonds is 3. The molecule has 0 unspecified atom stereocenters. The van der Waals surface area contributed by atoms with E-state index in [0.29, 0.717) is 16.9 Å². The largest absolute Gasteiger partial charge is 0.496 e. The first-order chi connectivity index (χ1) is 9.49. The summed E-state index contributed by atoms with van der Waals surface area (Å²) in [7, 11) is 2.70. The lowest BCUT2D eigenvalue weighted by Gasteiger charge is -2.17. The van der Waals surface area contributed by atoms with Gasteiger partial charge < -0.3 is 9.47 Å². The van der Waals surface area contributed by atoms with E-state index in [0.717, 1.165) is 6.07 Å². The lowest BCUT2D eigenvalue weighted by Crippen LogP contribution is -2.08. The van der Waals surface area contributed by atoms with Gasteiger partial charge in [0.25, 0.3) is 0 Å². The van der Waals surface area contributed by atoms with E-state index in [1.54, 1.807) is 30.3 Å². The predicted octanol–water partition coefficient (Wildman–Crippen LogP) is 4.39. The van der Waals surface area contributed by atoms with Crippen molar-refractivity contribution in [2.75, 3.05) is 14.2 Å². The molecule has 0 aliphatic heterocycles. The maximum atomic E-state index is 13.0. The van der Waals surface area contributed by atoms with E-state index < -0.39 is 11.7 Å². The zero-order chi connectivity index (χ0) is 14.8. The van der Waals surface area contributed by atoms with Gasteiger partial charge in [0.15, 0.2) is 0 Å². The lowest BCUT2D eigenvalue weighted by molar-refractivity contribution is -0.138. The van der Waals surface area contributed by atoms with Crippen LogP contribution in [0.25, 0.3) is 11.1 Å². The van der Waals surface area contributed by atoms with E-state index in [9.17, 15) is 13.2 Å². The molecule has 0 fully saturated rings. The molecule has 2 rings (SSSR count). The number of benzene rings is 2. The highest BCUT2D eigenvalue weighted by atomic mass is 19.4. The molecule has 0 saturated carbocycles. The Bertz CT molecular complexity index is 606. The Kier molecular flexibility index (Phi) is 3.88. The average molecular weight is 282 g/mol. The molecule has 106 valence electrons. The number of alkyl halides is 3. The predicted molar refractivity (Wildman–Crippen MR) is 70.0 cm³/mol. The topological polar surface area (TPSA) is 18.5 Å². The summed E-state index contributed by atoms with van der Waals surface area (Å²) in [5.41, 5.74) is 0.0983. The Hall–Kier alpha value is -2.17. The molecule has 0 aliphatic rings. The van der Waals surface area contributed by atoms with Gasteiger partial charge in [0.1, 0.15) is 11.5 Å².